The molecule has 5 aromatic rings. The van der Waals surface area contributed by atoms with Crippen molar-refractivity contribution in [2.45, 2.75) is 18.4 Å². The van der Waals surface area contributed by atoms with Crippen molar-refractivity contribution in [1.82, 2.24) is 15.3 Å². The van der Waals surface area contributed by atoms with E-state index in [2.05, 4.69) is 22.4 Å². The summed E-state index contributed by atoms with van der Waals surface area (Å²) in [7, 11) is 0. The van der Waals surface area contributed by atoms with Crippen LogP contribution in [0, 0.1) is 0 Å². The molecule has 0 aliphatic rings. The van der Waals surface area contributed by atoms with Gasteiger partial charge in [-0.2, -0.15) is 0 Å². The summed E-state index contributed by atoms with van der Waals surface area (Å²) in [4.78, 5) is 22.0. The Bertz CT molecular complexity index is 1260. The number of aromatic nitrogens is 2. The fraction of sp³-hybridized carbons (Fsp3) is 0.103. The number of imidazole rings is 1. The van der Waals surface area contributed by atoms with Crippen molar-refractivity contribution in [2.75, 3.05) is 0 Å². The third kappa shape index (κ3) is 4.70. The number of benzene rings is 4. The van der Waals surface area contributed by atoms with Crippen LogP contribution in [0.25, 0.3) is 11.0 Å². The Kier molecular flexibility index (Phi) is 5.98. The van der Waals surface area contributed by atoms with Crippen molar-refractivity contribution >= 4 is 16.9 Å². The number of amides is 1. The van der Waals surface area contributed by atoms with Crippen molar-refractivity contribution in [3.05, 3.63) is 138 Å². The lowest BCUT2D eigenvalue weighted by Crippen LogP contribution is -2.35. The first kappa shape index (κ1) is 20.7. The fourth-order valence-corrected chi connectivity index (χ4v) is 4.24. The first-order valence-electron chi connectivity index (χ1n) is 11.2. The van der Waals surface area contributed by atoms with Gasteiger partial charge in [0.1, 0.15) is 5.82 Å². The largest absolute Gasteiger partial charge is 0.345 e. The SMILES string of the molecule is O=C(N[C@@H](Cc1ccccc1)c1nc2ccccc2[nH]1)C(c1ccccc1)c1ccccc1. The zero-order chi connectivity index (χ0) is 22.5. The molecule has 5 rings (SSSR count). The van der Waals surface area contributed by atoms with Gasteiger partial charge in [0.05, 0.1) is 23.0 Å². The van der Waals surface area contributed by atoms with Crippen LogP contribution in [-0.2, 0) is 11.2 Å². The van der Waals surface area contributed by atoms with Crippen LogP contribution in [0.4, 0.5) is 0 Å². The lowest BCUT2D eigenvalue weighted by atomic mass is 9.90. The van der Waals surface area contributed by atoms with Crippen LogP contribution in [0.2, 0.25) is 0 Å². The summed E-state index contributed by atoms with van der Waals surface area (Å²) in [6.45, 7) is 0. The van der Waals surface area contributed by atoms with Crippen LogP contribution in [0.5, 0.6) is 0 Å². The summed E-state index contributed by atoms with van der Waals surface area (Å²) >= 11 is 0. The van der Waals surface area contributed by atoms with E-state index in [4.69, 9.17) is 4.98 Å². The van der Waals surface area contributed by atoms with Gasteiger partial charge in [-0.15, -0.1) is 0 Å². The van der Waals surface area contributed by atoms with Gasteiger partial charge in [0.25, 0.3) is 0 Å². The highest BCUT2D eigenvalue weighted by molar-refractivity contribution is 5.87. The molecule has 1 aromatic heterocycles. The molecule has 0 aliphatic heterocycles. The van der Waals surface area contributed by atoms with Gasteiger partial charge in [0.15, 0.2) is 0 Å². The molecule has 0 saturated heterocycles. The number of nitrogens with one attached hydrogen (secondary N) is 2. The minimum atomic E-state index is -0.407. The molecule has 0 unspecified atom stereocenters. The third-order valence-electron chi connectivity index (χ3n) is 5.86. The lowest BCUT2D eigenvalue weighted by Gasteiger charge is -2.22. The first-order valence-corrected chi connectivity index (χ1v) is 11.2. The number of H-pyrrole nitrogens is 1. The molecular formula is C29H25N3O. The minimum Gasteiger partial charge on any atom is -0.345 e. The molecule has 0 saturated carbocycles. The van der Waals surface area contributed by atoms with Crippen LogP contribution < -0.4 is 5.32 Å². The summed E-state index contributed by atoms with van der Waals surface area (Å²) in [6.07, 6.45) is 0.642. The van der Waals surface area contributed by atoms with Gasteiger partial charge in [0.2, 0.25) is 5.91 Å². The summed E-state index contributed by atoms with van der Waals surface area (Å²) in [5, 5.41) is 3.31. The van der Waals surface area contributed by atoms with Crippen LogP contribution in [0.3, 0.4) is 0 Å². The van der Waals surface area contributed by atoms with E-state index in [-0.39, 0.29) is 11.9 Å². The second-order valence-corrected chi connectivity index (χ2v) is 8.14. The standard InChI is InChI=1S/C29H25N3O/c33-29(27(22-14-6-2-7-15-22)23-16-8-3-9-17-23)32-26(20-21-12-4-1-5-13-21)28-30-24-18-10-11-19-25(24)31-28/h1-19,26-27H,20H2,(H,30,31)(H,32,33)/t26-/m0/s1. The van der Waals surface area contributed by atoms with E-state index in [0.717, 1.165) is 33.5 Å². The fourth-order valence-electron chi connectivity index (χ4n) is 4.24. The van der Waals surface area contributed by atoms with E-state index < -0.39 is 5.92 Å². The van der Waals surface area contributed by atoms with Crippen LogP contribution in [-0.4, -0.2) is 15.9 Å². The van der Waals surface area contributed by atoms with E-state index in [0.29, 0.717) is 6.42 Å². The van der Waals surface area contributed by atoms with E-state index in [1.807, 2.05) is 103 Å². The molecule has 162 valence electrons. The molecular weight excluding hydrogens is 406 g/mol. The first-order chi connectivity index (χ1) is 16.3. The number of carbonyl (C=O) groups is 1. The Morgan fingerprint density at radius 3 is 1.88 bits per heavy atom. The predicted molar refractivity (Wildman–Crippen MR) is 132 cm³/mol. The highest BCUT2D eigenvalue weighted by Crippen LogP contribution is 2.27. The maximum atomic E-state index is 13.8. The van der Waals surface area contributed by atoms with Gasteiger partial charge >= 0.3 is 0 Å². The van der Waals surface area contributed by atoms with Gasteiger partial charge < -0.3 is 10.3 Å². The molecule has 0 fully saturated rings. The van der Waals surface area contributed by atoms with Crippen molar-refractivity contribution in [3.8, 4) is 0 Å². The minimum absolute atomic E-state index is 0.0474. The van der Waals surface area contributed by atoms with Crippen LogP contribution >= 0.6 is 0 Å². The number of fused-ring (bicyclic) bond motifs is 1. The highest BCUT2D eigenvalue weighted by Gasteiger charge is 2.27. The highest BCUT2D eigenvalue weighted by atomic mass is 16.2. The van der Waals surface area contributed by atoms with Crippen molar-refractivity contribution in [1.29, 1.82) is 0 Å². The summed E-state index contributed by atoms with van der Waals surface area (Å²) in [5.74, 6) is 0.303. The van der Waals surface area contributed by atoms with Gasteiger partial charge in [0, 0.05) is 0 Å². The Morgan fingerprint density at radius 2 is 1.27 bits per heavy atom. The molecule has 4 nitrogen and oxygen atoms in total. The van der Waals surface area contributed by atoms with Crippen LogP contribution in [0.1, 0.15) is 34.5 Å². The van der Waals surface area contributed by atoms with Crippen molar-refractivity contribution < 1.29 is 4.79 Å². The number of hydrogen-bond acceptors (Lipinski definition) is 2. The van der Waals surface area contributed by atoms with E-state index in [1.54, 1.807) is 0 Å². The van der Waals surface area contributed by atoms with Gasteiger partial charge in [-0.25, -0.2) is 4.98 Å². The number of hydrogen-bond donors (Lipinski definition) is 2. The molecule has 4 aromatic carbocycles. The number of para-hydroxylation sites is 2. The molecule has 0 aliphatic carbocycles. The number of aromatic amines is 1. The normalized spacial score (nSPS) is 12.0. The third-order valence-corrected chi connectivity index (χ3v) is 5.86. The average Bonchev–Trinajstić information content (AvgIpc) is 3.30. The van der Waals surface area contributed by atoms with E-state index >= 15 is 0 Å². The molecule has 4 heteroatoms. The molecule has 33 heavy (non-hydrogen) atoms. The molecule has 0 radical (unpaired) electrons. The average molecular weight is 432 g/mol. The quantitative estimate of drug-likeness (QED) is 0.342. The zero-order valence-corrected chi connectivity index (χ0v) is 18.2. The summed E-state index contributed by atoms with van der Waals surface area (Å²) < 4.78 is 0. The molecule has 1 heterocycles. The summed E-state index contributed by atoms with van der Waals surface area (Å²) in [5.41, 5.74) is 4.91. The molecule has 1 amide bonds. The van der Waals surface area contributed by atoms with Crippen molar-refractivity contribution in [3.63, 3.8) is 0 Å². The van der Waals surface area contributed by atoms with Gasteiger partial charge in [-0.3, -0.25) is 4.79 Å². The number of carbonyl (C=O) groups excluding carboxylic acids is 1. The van der Waals surface area contributed by atoms with E-state index in [1.165, 1.54) is 0 Å². The smallest absolute Gasteiger partial charge is 0.232 e. The molecule has 2 N–H and O–H groups in total. The monoisotopic (exact) mass is 431 g/mol. The second kappa shape index (κ2) is 9.53. The zero-order valence-electron chi connectivity index (χ0n) is 18.2. The van der Waals surface area contributed by atoms with Gasteiger partial charge in [-0.05, 0) is 35.2 Å². The summed E-state index contributed by atoms with van der Waals surface area (Å²) in [6, 6.07) is 37.7. The number of nitrogens with zero attached hydrogens (tertiary/aromatic N) is 1. The number of rotatable bonds is 7. The molecule has 1 atom stereocenters. The van der Waals surface area contributed by atoms with Crippen molar-refractivity contribution in [2.24, 2.45) is 0 Å². The van der Waals surface area contributed by atoms with Gasteiger partial charge in [-0.1, -0.05) is 103 Å². The van der Waals surface area contributed by atoms with E-state index in [9.17, 15) is 4.79 Å². The second-order valence-electron chi connectivity index (χ2n) is 8.14. The Balaban J connectivity index is 1.51. The maximum Gasteiger partial charge on any atom is 0.232 e. The maximum absolute atomic E-state index is 13.8. The lowest BCUT2D eigenvalue weighted by molar-refractivity contribution is -0.122. The molecule has 0 bridgehead atoms. The Morgan fingerprint density at radius 1 is 0.727 bits per heavy atom. The topological polar surface area (TPSA) is 57.8 Å². The Hall–Kier alpha value is -4.18. The predicted octanol–water partition coefficient (Wildman–Crippen LogP) is 5.80. The molecule has 0 spiro atoms. The Labute approximate surface area is 193 Å². The van der Waals surface area contributed by atoms with Crippen LogP contribution in [0.15, 0.2) is 115 Å².